The fraction of sp³-hybridized carbons (Fsp3) is 0.375. The summed E-state index contributed by atoms with van der Waals surface area (Å²) in [5.41, 5.74) is 1.05. The summed E-state index contributed by atoms with van der Waals surface area (Å²) in [6.45, 7) is 2.24. The molecule has 0 spiro atoms. The van der Waals surface area contributed by atoms with E-state index in [0.29, 0.717) is 17.4 Å². The zero-order valence-electron chi connectivity index (χ0n) is 11.9. The molecule has 1 aromatic carbocycles. The van der Waals surface area contributed by atoms with Crippen LogP contribution in [0.3, 0.4) is 0 Å². The van der Waals surface area contributed by atoms with Gasteiger partial charge >= 0.3 is 0 Å². The highest BCUT2D eigenvalue weighted by atomic mass is 35.5. The Hall–Kier alpha value is -1.81. The van der Waals surface area contributed by atoms with E-state index in [1.54, 1.807) is 6.20 Å². The molecule has 0 amide bonds. The summed E-state index contributed by atoms with van der Waals surface area (Å²) >= 11 is 6.23. The Morgan fingerprint density at radius 2 is 2.05 bits per heavy atom. The van der Waals surface area contributed by atoms with Crippen molar-refractivity contribution >= 4 is 17.3 Å². The van der Waals surface area contributed by atoms with Crippen molar-refractivity contribution in [2.45, 2.75) is 32.2 Å². The highest BCUT2D eigenvalue weighted by molar-refractivity contribution is 6.32. The van der Waals surface area contributed by atoms with E-state index in [2.05, 4.69) is 17.3 Å². The summed E-state index contributed by atoms with van der Waals surface area (Å²) in [6, 6.07) is 9.67. The van der Waals surface area contributed by atoms with Gasteiger partial charge in [-0.25, -0.2) is 0 Å². The van der Waals surface area contributed by atoms with Crippen molar-refractivity contribution in [1.29, 1.82) is 0 Å². The SMILES string of the molecule is CC1CCC(Nc2cnn(-c3ccccc3)c(=O)c2Cl)C1. The van der Waals surface area contributed by atoms with Crippen molar-refractivity contribution in [3.63, 3.8) is 0 Å². The lowest BCUT2D eigenvalue weighted by atomic mass is 10.1. The summed E-state index contributed by atoms with van der Waals surface area (Å²) < 4.78 is 1.32. The van der Waals surface area contributed by atoms with Gasteiger partial charge in [0.25, 0.3) is 5.56 Å². The van der Waals surface area contributed by atoms with Crippen LogP contribution in [0.4, 0.5) is 5.69 Å². The second-order valence-corrected chi connectivity index (χ2v) is 6.06. The molecule has 0 radical (unpaired) electrons. The number of halogens is 1. The maximum Gasteiger partial charge on any atom is 0.292 e. The molecule has 1 aromatic heterocycles. The molecule has 2 atom stereocenters. The molecule has 0 aliphatic heterocycles. The predicted molar refractivity (Wildman–Crippen MR) is 85.3 cm³/mol. The molecule has 4 nitrogen and oxygen atoms in total. The molecule has 1 aliphatic rings. The minimum absolute atomic E-state index is 0.202. The summed E-state index contributed by atoms with van der Waals surface area (Å²) in [5, 5.41) is 7.78. The normalized spacial score (nSPS) is 21.4. The third-order valence-electron chi connectivity index (χ3n) is 3.97. The molecule has 1 heterocycles. The molecular formula is C16H18ClN3O. The first-order chi connectivity index (χ1) is 10.1. The Morgan fingerprint density at radius 3 is 2.71 bits per heavy atom. The van der Waals surface area contributed by atoms with E-state index in [4.69, 9.17) is 11.6 Å². The minimum Gasteiger partial charge on any atom is -0.380 e. The molecule has 1 fully saturated rings. The maximum absolute atomic E-state index is 12.4. The largest absolute Gasteiger partial charge is 0.380 e. The Balaban J connectivity index is 1.88. The average Bonchev–Trinajstić information content (AvgIpc) is 2.90. The molecule has 2 unspecified atom stereocenters. The van der Waals surface area contributed by atoms with Crippen LogP contribution in [0.5, 0.6) is 0 Å². The van der Waals surface area contributed by atoms with Gasteiger partial charge in [0.1, 0.15) is 5.02 Å². The zero-order valence-corrected chi connectivity index (χ0v) is 12.7. The van der Waals surface area contributed by atoms with E-state index in [1.165, 1.54) is 11.1 Å². The topological polar surface area (TPSA) is 46.9 Å². The number of anilines is 1. The quantitative estimate of drug-likeness (QED) is 0.944. The molecule has 21 heavy (non-hydrogen) atoms. The Kier molecular flexibility index (Phi) is 3.97. The fourth-order valence-corrected chi connectivity index (χ4v) is 3.03. The molecule has 1 N–H and O–H groups in total. The molecule has 1 aliphatic carbocycles. The number of para-hydroxylation sites is 1. The van der Waals surface area contributed by atoms with Crippen LogP contribution < -0.4 is 10.9 Å². The van der Waals surface area contributed by atoms with Crippen molar-refractivity contribution < 1.29 is 0 Å². The monoisotopic (exact) mass is 303 g/mol. The van der Waals surface area contributed by atoms with E-state index in [1.807, 2.05) is 30.3 Å². The van der Waals surface area contributed by atoms with Gasteiger partial charge in [-0.1, -0.05) is 36.7 Å². The first kappa shape index (κ1) is 14.1. The number of rotatable bonds is 3. The van der Waals surface area contributed by atoms with Crippen LogP contribution in [0.1, 0.15) is 26.2 Å². The van der Waals surface area contributed by atoms with Crippen LogP contribution in [0, 0.1) is 5.92 Å². The number of nitrogens with one attached hydrogen (secondary N) is 1. The highest BCUT2D eigenvalue weighted by Gasteiger charge is 2.22. The Labute approximate surface area is 128 Å². The molecule has 1 saturated carbocycles. The molecule has 3 rings (SSSR count). The average molecular weight is 304 g/mol. The van der Waals surface area contributed by atoms with Gasteiger partial charge in [0, 0.05) is 6.04 Å². The fourth-order valence-electron chi connectivity index (χ4n) is 2.84. The van der Waals surface area contributed by atoms with Gasteiger partial charge in [-0.15, -0.1) is 0 Å². The van der Waals surface area contributed by atoms with E-state index in [-0.39, 0.29) is 10.6 Å². The number of hydrogen-bond acceptors (Lipinski definition) is 3. The lowest BCUT2D eigenvalue weighted by Crippen LogP contribution is -2.24. The predicted octanol–water partition coefficient (Wildman–Crippen LogP) is 3.49. The van der Waals surface area contributed by atoms with Crippen molar-refractivity contribution in [2.24, 2.45) is 5.92 Å². The van der Waals surface area contributed by atoms with Crippen molar-refractivity contribution in [3.05, 3.63) is 51.9 Å². The van der Waals surface area contributed by atoms with Crippen LogP contribution in [0.25, 0.3) is 5.69 Å². The number of benzene rings is 1. The van der Waals surface area contributed by atoms with E-state index in [0.717, 1.165) is 18.8 Å². The number of aromatic nitrogens is 2. The van der Waals surface area contributed by atoms with Crippen LogP contribution in [-0.2, 0) is 0 Å². The molecule has 0 bridgehead atoms. The molecular weight excluding hydrogens is 286 g/mol. The summed E-state index contributed by atoms with van der Waals surface area (Å²) in [4.78, 5) is 12.4. The summed E-state index contributed by atoms with van der Waals surface area (Å²) in [7, 11) is 0. The third kappa shape index (κ3) is 2.95. The lowest BCUT2D eigenvalue weighted by molar-refractivity contribution is 0.602. The van der Waals surface area contributed by atoms with E-state index < -0.39 is 0 Å². The lowest BCUT2D eigenvalue weighted by Gasteiger charge is -2.15. The van der Waals surface area contributed by atoms with Gasteiger partial charge in [0.05, 0.1) is 17.6 Å². The number of nitrogens with zero attached hydrogens (tertiary/aromatic N) is 2. The molecule has 110 valence electrons. The first-order valence-electron chi connectivity index (χ1n) is 7.25. The minimum atomic E-state index is -0.293. The highest BCUT2D eigenvalue weighted by Crippen LogP contribution is 2.28. The molecule has 2 aromatic rings. The first-order valence-corrected chi connectivity index (χ1v) is 7.62. The van der Waals surface area contributed by atoms with Crippen molar-refractivity contribution in [1.82, 2.24) is 9.78 Å². The van der Waals surface area contributed by atoms with Crippen LogP contribution in [0.2, 0.25) is 5.02 Å². The van der Waals surface area contributed by atoms with Gasteiger partial charge in [-0.2, -0.15) is 9.78 Å². The van der Waals surface area contributed by atoms with Gasteiger partial charge < -0.3 is 5.32 Å². The van der Waals surface area contributed by atoms with Crippen LogP contribution in [0.15, 0.2) is 41.3 Å². The van der Waals surface area contributed by atoms with E-state index in [9.17, 15) is 4.79 Å². The maximum atomic E-state index is 12.4. The van der Waals surface area contributed by atoms with Crippen molar-refractivity contribution in [3.8, 4) is 5.69 Å². The number of hydrogen-bond donors (Lipinski definition) is 1. The summed E-state index contributed by atoms with van der Waals surface area (Å²) in [6.07, 6.45) is 5.07. The van der Waals surface area contributed by atoms with Gasteiger partial charge in [0.2, 0.25) is 0 Å². The van der Waals surface area contributed by atoms with E-state index >= 15 is 0 Å². The standard InChI is InChI=1S/C16H18ClN3O/c1-11-7-8-12(9-11)19-14-10-18-20(16(21)15(14)17)13-5-3-2-4-6-13/h2-6,10-12,19H,7-9H2,1H3. The Bertz CT molecular complexity index is 684. The van der Waals surface area contributed by atoms with Crippen molar-refractivity contribution in [2.75, 3.05) is 5.32 Å². The van der Waals surface area contributed by atoms with Gasteiger partial charge in [0.15, 0.2) is 0 Å². The second-order valence-electron chi connectivity index (χ2n) is 5.68. The van der Waals surface area contributed by atoms with Crippen LogP contribution >= 0.6 is 11.6 Å². The Morgan fingerprint density at radius 1 is 1.29 bits per heavy atom. The zero-order chi connectivity index (χ0) is 14.8. The van der Waals surface area contributed by atoms with Gasteiger partial charge in [-0.05, 0) is 37.3 Å². The molecule has 5 heteroatoms. The smallest absolute Gasteiger partial charge is 0.292 e. The van der Waals surface area contributed by atoms with Gasteiger partial charge in [-0.3, -0.25) is 4.79 Å². The van der Waals surface area contributed by atoms with Crippen LogP contribution in [-0.4, -0.2) is 15.8 Å². The molecule has 0 saturated heterocycles. The third-order valence-corrected chi connectivity index (χ3v) is 4.34. The second kappa shape index (κ2) is 5.90. The summed E-state index contributed by atoms with van der Waals surface area (Å²) in [5.74, 6) is 0.721.